The van der Waals surface area contributed by atoms with Crippen LogP contribution >= 0.6 is 0 Å². The zero-order valence-electron chi connectivity index (χ0n) is 27.1. The average molecular weight is 615 g/mol. The minimum atomic E-state index is -0.543. The van der Waals surface area contributed by atoms with Crippen molar-refractivity contribution in [1.29, 1.82) is 0 Å². The second kappa shape index (κ2) is 14.6. The first-order chi connectivity index (χ1) is 21.6. The van der Waals surface area contributed by atoms with E-state index in [2.05, 4.69) is 29.2 Å². The number of nitrogens with zero attached hydrogens (tertiary/aromatic N) is 2. The monoisotopic (exact) mass is 614 g/mol. The van der Waals surface area contributed by atoms with E-state index in [0.29, 0.717) is 24.0 Å². The van der Waals surface area contributed by atoms with E-state index in [1.807, 2.05) is 56.9 Å². The van der Waals surface area contributed by atoms with Crippen LogP contribution in [0.15, 0.2) is 72.8 Å². The number of piperidine rings is 1. The van der Waals surface area contributed by atoms with Crippen LogP contribution in [-0.2, 0) is 15.9 Å². The van der Waals surface area contributed by atoms with E-state index < -0.39 is 5.60 Å². The van der Waals surface area contributed by atoms with Crippen molar-refractivity contribution in [2.45, 2.75) is 77.4 Å². The van der Waals surface area contributed by atoms with Crippen molar-refractivity contribution in [2.24, 2.45) is 5.92 Å². The Morgan fingerprint density at radius 1 is 0.911 bits per heavy atom. The van der Waals surface area contributed by atoms with Gasteiger partial charge in [0.15, 0.2) is 0 Å². The predicted molar refractivity (Wildman–Crippen MR) is 176 cm³/mol. The van der Waals surface area contributed by atoms with E-state index in [1.54, 1.807) is 12.1 Å². The maximum Gasteiger partial charge on any atom is 0.410 e. The minimum absolute atomic E-state index is 0.143. The Hall–Kier alpha value is -3.71. The summed E-state index contributed by atoms with van der Waals surface area (Å²) in [5.41, 5.74) is 4.56. The molecule has 2 aliphatic rings. The number of halogens is 1. The lowest BCUT2D eigenvalue weighted by Gasteiger charge is -2.36. The number of rotatable bonds is 11. The summed E-state index contributed by atoms with van der Waals surface area (Å²) in [6, 6.07) is 22.9. The summed E-state index contributed by atoms with van der Waals surface area (Å²) in [7, 11) is 0. The fourth-order valence-corrected chi connectivity index (χ4v) is 6.31. The van der Waals surface area contributed by atoms with Gasteiger partial charge in [0.2, 0.25) is 0 Å². The average Bonchev–Trinajstić information content (AvgIpc) is 3.81. The molecule has 0 N–H and O–H groups in total. The molecule has 5 rings (SSSR count). The van der Waals surface area contributed by atoms with Crippen molar-refractivity contribution in [3.8, 4) is 11.1 Å². The zero-order chi connectivity index (χ0) is 32.0. The molecule has 6 nitrogen and oxygen atoms in total. The van der Waals surface area contributed by atoms with Crippen LogP contribution < -0.4 is 0 Å². The fourth-order valence-electron chi connectivity index (χ4n) is 6.31. The molecule has 1 amide bonds. The number of amides is 1. The summed E-state index contributed by atoms with van der Waals surface area (Å²) in [5.74, 6) is 0.240. The minimum Gasteiger partial charge on any atom is -0.462 e. The molecule has 1 heterocycles. The number of hydrogen-bond acceptors (Lipinski definition) is 5. The van der Waals surface area contributed by atoms with Gasteiger partial charge in [-0.15, -0.1) is 0 Å². The number of esters is 1. The maximum atomic E-state index is 13.4. The van der Waals surface area contributed by atoms with Crippen molar-refractivity contribution in [1.82, 2.24) is 9.80 Å². The second-order valence-corrected chi connectivity index (χ2v) is 13.5. The highest BCUT2D eigenvalue weighted by Crippen LogP contribution is 2.46. The summed E-state index contributed by atoms with van der Waals surface area (Å²) in [5, 5.41) is 0. The molecule has 0 bridgehead atoms. The van der Waals surface area contributed by atoms with Gasteiger partial charge < -0.3 is 19.3 Å². The van der Waals surface area contributed by atoms with Crippen LogP contribution in [0.25, 0.3) is 11.1 Å². The van der Waals surface area contributed by atoms with Crippen LogP contribution in [0.5, 0.6) is 0 Å². The largest absolute Gasteiger partial charge is 0.462 e. The molecule has 7 heteroatoms. The standard InChI is InChI=1S/C38H47FN2O4/c1-5-44-36(42)32-10-8-27(9-11-32)7-6-22-40-23-20-28(21-24-40)26-41(37(43)45-38(2,3)4)35-25-34(35)31-14-12-29(13-15-31)30-16-18-33(39)19-17-30/h8-19,28,34-35H,5-7,20-26H2,1-4H3. The molecule has 1 saturated carbocycles. The molecule has 0 radical (unpaired) electrons. The third-order valence-electron chi connectivity index (χ3n) is 8.87. The predicted octanol–water partition coefficient (Wildman–Crippen LogP) is 8.11. The highest BCUT2D eigenvalue weighted by molar-refractivity contribution is 5.89. The van der Waals surface area contributed by atoms with Gasteiger partial charge in [0.1, 0.15) is 11.4 Å². The molecular weight excluding hydrogens is 567 g/mol. The van der Waals surface area contributed by atoms with E-state index in [0.717, 1.165) is 69.4 Å². The Bertz CT molecular complexity index is 1410. The van der Waals surface area contributed by atoms with Crippen molar-refractivity contribution in [3.05, 3.63) is 95.3 Å². The number of carbonyl (C=O) groups is 2. The molecule has 1 aliphatic heterocycles. The summed E-state index contributed by atoms with van der Waals surface area (Å²) in [6.45, 7) is 11.8. The van der Waals surface area contributed by atoms with Crippen LogP contribution in [0.3, 0.4) is 0 Å². The number of ether oxygens (including phenoxy) is 2. The van der Waals surface area contributed by atoms with Gasteiger partial charge in [-0.05, 0) is 132 Å². The summed E-state index contributed by atoms with van der Waals surface area (Å²) >= 11 is 0. The third-order valence-corrected chi connectivity index (χ3v) is 8.87. The molecule has 2 atom stereocenters. The molecule has 1 aliphatic carbocycles. The number of carbonyl (C=O) groups excluding carboxylic acids is 2. The molecule has 2 fully saturated rings. The molecule has 240 valence electrons. The van der Waals surface area contributed by atoms with Crippen molar-refractivity contribution in [3.63, 3.8) is 0 Å². The lowest BCUT2D eigenvalue weighted by atomic mass is 9.95. The van der Waals surface area contributed by atoms with E-state index in [1.165, 1.54) is 23.3 Å². The maximum absolute atomic E-state index is 13.4. The summed E-state index contributed by atoms with van der Waals surface area (Å²) in [4.78, 5) is 29.8. The summed E-state index contributed by atoms with van der Waals surface area (Å²) < 4.78 is 24.3. The van der Waals surface area contributed by atoms with E-state index >= 15 is 0 Å². The van der Waals surface area contributed by atoms with Gasteiger partial charge in [-0.25, -0.2) is 14.0 Å². The van der Waals surface area contributed by atoms with Gasteiger partial charge in [0, 0.05) is 18.5 Å². The Kier molecular flexibility index (Phi) is 10.6. The molecular formula is C38H47FN2O4. The topological polar surface area (TPSA) is 59.1 Å². The van der Waals surface area contributed by atoms with Gasteiger partial charge in [-0.1, -0.05) is 48.5 Å². The number of likely N-dealkylation sites (tertiary alicyclic amines) is 1. The zero-order valence-corrected chi connectivity index (χ0v) is 27.1. The van der Waals surface area contributed by atoms with Gasteiger partial charge in [0.05, 0.1) is 12.2 Å². The first-order valence-corrected chi connectivity index (χ1v) is 16.4. The third kappa shape index (κ3) is 9.16. The lowest BCUT2D eigenvalue weighted by Crippen LogP contribution is -2.44. The lowest BCUT2D eigenvalue weighted by molar-refractivity contribution is 0.0171. The van der Waals surface area contributed by atoms with Crippen LogP contribution in [-0.4, -0.2) is 66.3 Å². The summed E-state index contributed by atoms with van der Waals surface area (Å²) in [6.07, 6.45) is 4.90. The van der Waals surface area contributed by atoms with Crippen molar-refractivity contribution in [2.75, 3.05) is 32.8 Å². The molecule has 0 spiro atoms. The van der Waals surface area contributed by atoms with Gasteiger partial charge in [-0.3, -0.25) is 0 Å². The highest BCUT2D eigenvalue weighted by atomic mass is 19.1. The normalized spacial score (nSPS) is 18.8. The Morgan fingerprint density at radius 3 is 2.13 bits per heavy atom. The first-order valence-electron chi connectivity index (χ1n) is 16.4. The van der Waals surface area contributed by atoms with Gasteiger partial charge in [-0.2, -0.15) is 0 Å². The molecule has 0 aromatic heterocycles. The number of benzene rings is 3. The van der Waals surface area contributed by atoms with Crippen LogP contribution in [0.4, 0.5) is 9.18 Å². The molecule has 3 aromatic rings. The second-order valence-electron chi connectivity index (χ2n) is 13.5. The van der Waals surface area contributed by atoms with Crippen molar-refractivity contribution >= 4 is 12.1 Å². The molecule has 45 heavy (non-hydrogen) atoms. The molecule has 2 unspecified atom stereocenters. The van der Waals surface area contributed by atoms with Crippen LogP contribution in [0.2, 0.25) is 0 Å². The Balaban J connectivity index is 1.12. The van der Waals surface area contributed by atoms with Crippen molar-refractivity contribution < 1.29 is 23.5 Å². The fraction of sp³-hybridized carbons (Fsp3) is 0.474. The van der Waals surface area contributed by atoms with E-state index in [4.69, 9.17) is 9.47 Å². The SMILES string of the molecule is CCOC(=O)c1ccc(CCCN2CCC(CN(C(=O)OC(C)(C)C)C3CC3c3ccc(-c4ccc(F)cc4)cc3)CC2)cc1. The smallest absolute Gasteiger partial charge is 0.410 e. The quantitative estimate of drug-likeness (QED) is 0.204. The first kappa shape index (κ1) is 32.7. The Morgan fingerprint density at radius 2 is 1.53 bits per heavy atom. The molecule has 3 aromatic carbocycles. The van der Waals surface area contributed by atoms with E-state index in [9.17, 15) is 14.0 Å². The van der Waals surface area contributed by atoms with Gasteiger partial charge in [0.25, 0.3) is 0 Å². The van der Waals surface area contributed by atoms with Crippen LogP contribution in [0, 0.1) is 11.7 Å². The number of hydrogen-bond donors (Lipinski definition) is 0. The number of aryl methyl sites for hydroxylation is 1. The molecule has 1 saturated heterocycles. The van der Waals surface area contributed by atoms with Gasteiger partial charge >= 0.3 is 12.1 Å². The van der Waals surface area contributed by atoms with E-state index in [-0.39, 0.29) is 23.9 Å². The highest BCUT2D eigenvalue weighted by Gasteiger charge is 2.46. The Labute approximate surface area is 267 Å². The van der Waals surface area contributed by atoms with Crippen LogP contribution in [0.1, 0.15) is 80.8 Å².